The lowest BCUT2D eigenvalue weighted by Crippen LogP contribution is -2.15. The van der Waals surface area contributed by atoms with Gasteiger partial charge in [-0.3, -0.25) is 4.79 Å². The monoisotopic (exact) mass is 400 g/mol. The van der Waals surface area contributed by atoms with E-state index in [-0.39, 0.29) is 16.7 Å². The first-order valence-electron chi connectivity index (χ1n) is 5.63. The summed E-state index contributed by atoms with van der Waals surface area (Å²) in [5.74, 6) is -0.643. The molecule has 0 aliphatic heterocycles. The summed E-state index contributed by atoms with van der Waals surface area (Å²) in [5, 5.41) is 2.72. The molecule has 2 rings (SSSR count). The van der Waals surface area contributed by atoms with Gasteiger partial charge in [-0.25, -0.2) is 4.39 Å². The van der Waals surface area contributed by atoms with Crippen molar-refractivity contribution in [1.82, 2.24) is 0 Å². The molecule has 1 amide bonds. The zero-order valence-corrected chi connectivity index (χ0v) is 13.2. The van der Waals surface area contributed by atoms with Crippen LogP contribution in [0.3, 0.4) is 0 Å². The summed E-state index contributed by atoms with van der Waals surface area (Å²) in [5.41, 5.74) is 7.15. The van der Waals surface area contributed by atoms with Crippen molar-refractivity contribution < 1.29 is 9.18 Å². The maximum Gasteiger partial charge on any atom is 0.255 e. The quantitative estimate of drug-likeness (QED) is 0.614. The molecular formula is C14H10FIN2OS. The lowest BCUT2D eigenvalue weighted by Gasteiger charge is -2.08. The number of hydrogen-bond donors (Lipinski definition) is 2. The molecular weight excluding hydrogens is 390 g/mol. The maximum absolute atomic E-state index is 13.0. The number of amides is 1. The van der Waals surface area contributed by atoms with Crippen LogP contribution < -0.4 is 11.1 Å². The van der Waals surface area contributed by atoms with Crippen molar-refractivity contribution in [1.29, 1.82) is 0 Å². The second-order valence-electron chi connectivity index (χ2n) is 4.02. The summed E-state index contributed by atoms with van der Waals surface area (Å²) < 4.78 is 13.6. The Kier molecular flexibility index (Phi) is 4.66. The van der Waals surface area contributed by atoms with Crippen LogP contribution in [-0.4, -0.2) is 10.9 Å². The molecule has 0 radical (unpaired) electrons. The number of hydrogen-bond acceptors (Lipinski definition) is 2. The first kappa shape index (κ1) is 14.9. The van der Waals surface area contributed by atoms with Crippen LogP contribution >= 0.6 is 34.8 Å². The smallest absolute Gasteiger partial charge is 0.255 e. The van der Waals surface area contributed by atoms with E-state index in [1.165, 1.54) is 18.2 Å². The van der Waals surface area contributed by atoms with Crippen molar-refractivity contribution in [3.05, 3.63) is 63.0 Å². The van der Waals surface area contributed by atoms with Crippen LogP contribution in [0.25, 0.3) is 0 Å². The Morgan fingerprint density at radius 2 is 1.90 bits per heavy atom. The Labute approximate surface area is 134 Å². The number of nitrogens with two attached hydrogens (primary N) is 1. The summed E-state index contributed by atoms with van der Waals surface area (Å²) >= 11 is 6.84. The van der Waals surface area contributed by atoms with Crippen LogP contribution in [0.1, 0.15) is 15.9 Å². The number of carbonyl (C=O) groups is 1. The second-order valence-corrected chi connectivity index (χ2v) is 5.63. The molecule has 0 aliphatic rings. The second kappa shape index (κ2) is 6.27. The molecule has 0 saturated carbocycles. The van der Waals surface area contributed by atoms with E-state index < -0.39 is 0 Å². The highest BCUT2D eigenvalue weighted by molar-refractivity contribution is 14.1. The number of benzene rings is 2. The van der Waals surface area contributed by atoms with Crippen LogP contribution in [0.5, 0.6) is 0 Å². The standard InChI is InChI=1S/C14H10FIN2OS/c15-10-4-5-12(11(16)7-10)18-14(19)9-3-1-2-8(6-9)13(17)20/h1-7H,(H2,17,20)(H,18,19). The molecule has 20 heavy (non-hydrogen) atoms. The lowest BCUT2D eigenvalue weighted by atomic mass is 10.1. The minimum atomic E-state index is -0.345. The van der Waals surface area contributed by atoms with E-state index >= 15 is 0 Å². The fourth-order valence-electron chi connectivity index (χ4n) is 1.60. The molecule has 102 valence electrons. The Balaban J connectivity index is 2.24. The zero-order chi connectivity index (χ0) is 14.7. The predicted molar refractivity (Wildman–Crippen MR) is 89.4 cm³/mol. The molecule has 2 aromatic carbocycles. The summed E-state index contributed by atoms with van der Waals surface area (Å²) in [6.07, 6.45) is 0. The van der Waals surface area contributed by atoms with Gasteiger partial charge in [-0.1, -0.05) is 24.4 Å². The fourth-order valence-corrected chi connectivity index (χ4v) is 2.34. The van der Waals surface area contributed by atoms with Gasteiger partial charge in [-0.15, -0.1) is 0 Å². The molecule has 0 atom stereocenters. The van der Waals surface area contributed by atoms with Gasteiger partial charge in [0.1, 0.15) is 10.8 Å². The van der Waals surface area contributed by atoms with E-state index in [2.05, 4.69) is 5.32 Å². The summed E-state index contributed by atoms with van der Waals surface area (Å²) in [7, 11) is 0. The molecule has 0 aliphatic carbocycles. The highest BCUT2D eigenvalue weighted by atomic mass is 127. The summed E-state index contributed by atoms with van der Waals surface area (Å²) in [6, 6.07) is 10.9. The third-order valence-electron chi connectivity index (χ3n) is 2.59. The predicted octanol–water partition coefficient (Wildman–Crippen LogP) is 3.32. The third kappa shape index (κ3) is 3.51. The topological polar surface area (TPSA) is 55.1 Å². The fraction of sp³-hybridized carbons (Fsp3) is 0. The molecule has 0 fully saturated rings. The molecule has 3 nitrogen and oxygen atoms in total. The van der Waals surface area contributed by atoms with E-state index in [1.807, 2.05) is 22.6 Å². The average Bonchev–Trinajstić information content (AvgIpc) is 2.42. The Hall–Kier alpha value is -1.54. The minimum Gasteiger partial charge on any atom is -0.389 e. The SMILES string of the molecule is NC(=S)c1cccc(C(=O)Nc2ccc(F)cc2I)c1. The number of anilines is 1. The van der Waals surface area contributed by atoms with Crippen LogP contribution in [0.2, 0.25) is 0 Å². The average molecular weight is 400 g/mol. The number of halogens is 2. The minimum absolute atomic E-state index is 0.232. The lowest BCUT2D eigenvalue weighted by molar-refractivity contribution is 0.102. The molecule has 0 unspecified atom stereocenters. The largest absolute Gasteiger partial charge is 0.389 e. The normalized spacial score (nSPS) is 10.1. The van der Waals surface area contributed by atoms with Gasteiger partial charge in [-0.2, -0.15) is 0 Å². The maximum atomic E-state index is 13.0. The van der Waals surface area contributed by atoms with Crippen LogP contribution in [-0.2, 0) is 0 Å². The Bertz CT molecular complexity index is 691. The van der Waals surface area contributed by atoms with Gasteiger partial charge >= 0.3 is 0 Å². The molecule has 0 spiro atoms. The highest BCUT2D eigenvalue weighted by Crippen LogP contribution is 2.20. The van der Waals surface area contributed by atoms with Gasteiger partial charge in [0.15, 0.2) is 0 Å². The van der Waals surface area contributed by atoms with Crippen molar-refractivity contribution in [3.8, 4) is 0 Å². The molecule has 6 heteroatoms. The van der Waals surface area contributed by atoms with Crippen molar-refractivity contribution in [3.63, 3.8) is 0 Å². The van der Waals surface area contributed by atoms with Crippen molar-refractivity contribution in [2.45, 2.75) is 0 Å². The van der Waals surface area contributed by atoms with Gasteiger partial charge < -0.3 is 11.1 Å². The molecule has 2 aromatic rings. The molecule has 0 heterocycles. The first-order chi connectivity index (χ1) is 9.47. The van der Waals surface area contributed by atoms with Crippen molar-refractivity contribution in [2.24, 2.45) is 5.73 Å². The first-order valence-corrected chi connectivity index (χ1v) is 7.12. The number of thiocarbonyl (C=S) groups is 1. The Morgan fingerprint density at radius 3 is 2.55 bits per heavy atom. The van der Waals surface area contributed by atoms with Gasteiger partial charge in [0.2, 0.25) is 0 Å². The van der Waals surface area contributed by atoms with Gasteiger partial charge in [0.25, 0.3) is 5.91 Å². The van der Waals surface area contributed by atoms with E-state index in [0.717, 1.165) is 0 Å². The summed E-state index contributed by atoms with van der Waals surface area (Å²) in [6.45, 7) is 0. The molecule has 0 bridgehead atoms. The molecule has 0 aromatic heterocycles. The van der Waals surface area contributed by atoms with Gasteiger partial charge in [-0.05, 0) is 52.9 Å². The van der Waals surface area contributed by atoms with Crippen LogP contribution in [0.15, 0.2) is 42.5 Å². The Morgan fingerprint density at radius 1 is 1.20 bits per heavy atom. The molecule has 0 saturated heterocycles. The van der Waals surface area contributed by atoms with Crippen LogP contribution in [0, 0.1) is 9.39 Å². The molecule has 3 N–H and O–H groups in total. The van der Waals surface area contributed by atoms with E-state index in [4.69, 9.17) is 18.0 Å². The highest BCUT2D eigenvalue weighted by Gasteiger charge is 2.10. The van der Waals surface area contributed by atoms with Crippen molar-refractivity contribution in [2.75, 3.05) is 5.32 Å². The number of rotatable bonds is 3. The van der Waals surface area contributed by atoms with Crippen molar-refractivity contribution >= 4 is 51.4 Å². The zero-order valence-electron chi connectivity index (χ0n) is 10.2. The summed E-state index contributed by atoms with van der Waals surface area (Å²) in [4.78, 5) is 12.4. The van der Waals surface area contributed by atoms with E-state index in [1.54, 1.807) is 24.3 Å². The van der Waals surface area contributed by atoms with E-state index in [9.17, 15) is 9.18 Å². The van der Waals surface area contributed by atoms with Gasteiger partial charge in [0.05, 0.1) is 5.69 Å². The van der Waals surface area contributed by atoms with E-state index in [0.29, 0.717) is 20.4 Å². The van der Waals surface area contributed by atoms with Gasteiger partial charge in [0, 0.05) is 14.7 Å². The number of carbonyl (C=O) groups excluding carboxylic acids is 1. The third-order valence-corrected chi connectivity index (χ3v) is 3.72. The van der Waals surface area contributed by atoms with Crippen LogP contribution in [0.4, 0.5) is 10.1 Å². The number of nitrogens with one attached hydrogen (secondary N) is 1.